The third kappa shape index (κ3) is 6.62. The molecule has 2 N–H and O–H groups in total. The first kappa shape index (κ1) is 22.9. The standard InChI is InChI=1S/C25H32FN3O2/c1-2-29(17-23(30)27-16-20-10-12-22(26)13-11-20)18-24(31)28-19-25(14-6-7-15-25)21-8-4-3-5-9-21/h3-5,8-13H,2,6-7,14-19H2,1H3,(H,27,30)(H,28,31). The first-order valence-electron chi connectivity index (χ1n) is 11.1. The maximum atomic E-state index is 13.0. The molecule has 0 heterocycles. The molecule has 31 heavy (non-hydrogen) atoms. The van der Waals surface area contributed by atoms with Crippen LogP contribution in [0.5, 0.6) is 0 Å². The zero-order chi connectivity index (χ0) is 22.1. The van der Waals surface area contributed by atoms with Crippen LogP contribution in [0.4, 0.5) is 4.39 Å². The van der Waals surface area contributed by atoms with E-state index in [0.29, 0.717) is 19.6 Å². The molecule has 1 fully saturated rings. The van der Waals surface area contributed by atoms with Gasteiger partial charge in [0.1, 0.15) is 5.82 Å². The Bertz CT molecular complexity index is 849. The topological polar surface area (TPSA) is 61.4 Å². The highest BCUT2D eigenvalue weighted by Crippen LogP contribution is 2.40. The summed E-state index contributed by atoms with van der Waals surface area (Å²) in [4.78, 5) is 26.7. The quantitative estimate of drug-likeness (QED) is 0.613. The monoisotopic (exact) mass is 425 g/mol. The lowest BCUT2D eigenvalue weighted by molar-refractivity contribution is -0.125. The van der Waals surface area contributed by atoms with Gasteiger partial charge in [-0.2, -0.15) is 0 Å². The molecule has 2 aromatic rings. The number of carbonyl (C=O) groups is 2. The summed E-state index contributed by atoms with van der Waals surface area (Å²) in [5, 5.41) is 5.94. The Morgan fingerprint density at radius 3 is 2.16 bits per heavy atom. The number of likely N-dealkylation sites (N-methyl/N-ethyl adjacent to an activating group) is 1. The second-order valence-electron chi connectivity index (χ2n) is 8.34. The summed E-state index contributed by atoms with van der Waals surface area (Å²) in [5.74, 6) is -0.518. The molecule has 2 amide bonds. The zero-order valence-electron chi connectivity index (χ0n) is 18.2. The van der Waals surface area contributed by atoms with Crippen LogP contribution in [-0.2, 0) is 21.5 Å². The number of carbonyl (C=O) groups excluding carboxylic acids is 2. The number of nitrogens with one attached hydrogen (secondary N) is 2. The summed E-state index contributed by atoms with van der Waals surface area (Å²) in [6.07, 6.45) is 4.53. The molecule has 0 radical (unpaired) electrons. The molecule has 0 saturated heterocycles. The molecule has 0 spiro atoms. The lowest BCUT2D eigenvalue weighted by Gasteiger charge is -2.30. The first-order chi connectivity index (χ1) is 15.0. The minimum absolute atomic E-state index is 0.0144. The maximum absolute atomic E-state index is 13.0. The van der Waals surface area contributed by atoms with Gasteiger partial charge in [-0.3, -0.25) is 14.5 Å². The Morgan fingerprint density at radius 2 is 1.55 bits per heavy atom. The van der Waals surface area contributed by atoms with Crippen LogP contribution in [0.3, 0.4) is 0 Å². The summed E-state index contributed by atoms with van der Waals surface area (Å²) in [7, 11) is 0. The number of nitrogens with zero attached hydrogens (tertiary/aromatic N) is 1. The number of rotatable bonds is 10. The maximum Gasteiger partial charge on any atom is 0.234 e. The number of halogens is 1. The summed E-state index contributed by atoms with van der Waals surface area (Å²) >= 11 is 0. The molecule has 0 bridgehead atoms. The first-order valence-corrected chi connectivity index (χ1v) is 11.1. The largest absolute Gasteiger partial charge is 0.354 e. The predicted octanol–water partition coefficient (Wildman–Crippen LogP) is 3.39. The highest BCUT2D eigenvalue weighted by molar-refractivity contribution is 5.81. The summed E-state index contributed by atoms with van der Waals surface area (Å²) < 4.78 is 13.0. The molecule has 0 unspecified atom stereocenters. The van der Waals surface area contributed by atoms with Gasteiger partial charge >= 0.3 is 0 Å². The van der Waals surface area contributed by atoms with Crippen molar-refractivity contribution >= 4 is 11.8 Å². The van der Waals surface area contributed by atoms with Crippen LogP contribution in [0, 0.1) is 5.82 Å². The Morgan fingerprint density at radius 1 is 0.935 bits per heavy atom. The average Bonchev–Trinajstić information content (AvgIpc) is 3.28. The van der Waals surface area contributed by atoms with Gasteiger partial charge in [0.15, 0.2) is 0 Å². The summed E-state index contributed by atoms with van der Waals surface area (Å²) in [6.45, 7) is 3.83. The third-order valence-corrected chi connectivity index (χ3v) is 6.16. The molecule has 2 aromatic carbocycles. The Labute approximate surface area is 184 Å². The lowest BCUT2D eigenvalue weighted by atomic mass is 9.79. The number of hydrogen-bond acceptors (Lipinski definition) is 3. The van der Waals surface area contributed by atoms with E-state index in [1.54, 1.807) is 12.1 Å². The highest BCUT2D eigenvalue weighted by atomic mass is 19.1. The minimum atomic E-state index is -0.301. The van der Waals surface area contributed by atoms with Gasteiger partial charge in [-0.25, -0.2) is 4.39 Å². The van der Waals surface area contributed by atoms with Gasteiger partial charge in [0.2, 0.25) is 11.8 Å². The molecule has 6 heteroatoms. The molecule has 0 atom stereocenters. The minimum Gasteiger partial charge on any atom is -0.354 e. The van der Waals surface area contributed by atoms with Crippen LogP contribution in [0.15, 0.2) is 54.6 Å². The van der Waals surface area contributed by atoms with Gasteiger partial charge < -0.3 is 10.6 Å². The summed E-state index contributed by atoms with van der Waals surface area (Å²) in [6, 6.07) is 16.5. The average molecular weight is 426 g/mol. The highest BCUT2D eigenvalue weighted by Gasteiger charge is 2.35. The van der Waals surface area contributed by atoms with Crippen molar-refractivity contribution in [1.29, 1.82) is 0 Å². The molecule has 0 aromatic heterocycles. The molecular weight excluding hydrogens is 393 g/mol. The van der Waals surface area contributed by atoms with Crippen molar-refractivity contribution in [2.75, 3.05) is 26.2 Å². The van der Waals surface area contributed by atoms with Gasteiger partial charge in [-0.1, -0.05) is 62.2 Å². The van der Waals surface area contributed by atoms with Gasteiger partial charge in [0, 0.05) is 18.5 Å². The molecule has 1 saturated carbocycles. The molecule has 1 aliphatic rings. The Kier molecular flexibility index (Phi) is 8.18. The van der Waals surface area contributed by atoms with Crippen molar-refractivity contribution in [2.45, 2.75) is 44.6 Å². The van der Waals surface area contributed by atoms with Crippen molar-refractivity contribution in [3.8, 4) is 0 Å². The van der Waals surface area contributed by atoms with Gasteiger partial charge in [0.25, 0.3) is 0 Å². The van der Waals surface area contributed by atoms with E-state index in [-0.39, 0.29) is 36.1 Å². The van der Waals surface area contributed by atoms with Crippen LogP contribution in [-0.4, -0.2) is 42.9 Å². The zero-order valence-corrected chi connectivity index (χ0v) is 18.2. The van der Waals surface area contributed by atoms with Crippen LogP contribution in [0.2, 0.25) is 0 Å². The molecule has 5 nitrogen and oxygen atoms in total. The van der Waals surface area contributed by atoms with E-state index in [2.05, 4.69) is 34.9 Å². The van der Waals surface area contributed by atoms with Gasteiger partial charge in [0.05, 0.1) is 13.1 Å². The Hall–Kier alpha value is -2.73. The fraction of sp³-hybridized carbons (Fsp3) is 0.440. The predicted molar refractivity (Wildman–Crippen MR) is 120 cm³/mol. The van der Waals surface area contributed by atoms with E-state index in [0.717, 1.165) is 18.4 Å². The molecule has 1 aliphatic carbocycles. The van der Waals surface area contributed by atoms with E-state index in [1.807, 2.05) is 17.9 Å². The molecule has 0 aliphatic heterocycles. The summed E-state index contributed by atoms with van der Waals surface area (Å²) in [5.41, 5.74) is 2.14. The molecule has 3 rings (SSSR count). The number of benzene rings is 2. The second kappa shape index (κ2) is 11.0. The fourth-order valence-electron chi connectivity index (χ4n) is 4.28. The van der Waals surface area contributed by atoms with E-state index >= 15 is 0 Å². The second-order valence-corrected chi connectivity index (χ2v) is 8.34. The smallest absolute Gasteiger partial charge is 0.234 e. The molecule has 166 valence electrons. The SMILES string of the molecule is CCN(CC(=O)NCc1ccc(F)cc1)CC(=O)NCC1(c2ccccc2)CCCC1. The van der Waals surface area contributed by atoms with Crippen molar-refractivity contribution < 1.29 is 14.0 Å². The van der Waals surface area contributed by atoms with Crippen LogP contribution < -0.4 is 10.6 Å². The number of amides is 2. The van der Waals surface area contributed by atoms with E-state index in [1.165, 1.54) is 30.5 Å². The lowest BCUT2D eigenvalue weighted by Crippen LogP contribution is -2.45. The van der Waals surface area contributed by atoms with E-state index in [9.17, 15) is 14.0 Å². The number of hydrogen-bond donors (Lipinski definition) is 2. The van der Waals surface area contributed by atoms with E-state index < -0.39 is 0 Å². The normalized spacial score (nSPS) is 15.1. The van der Waals surface area contributed by atoms with Crippen LogP contribution >= 0.6 is 0 Å². The fourth-order valence-corrected chi connectivity index (χ4v) is 4.28. The van der Waals surface area contributed by atoms with Crippen LogP contribution in [0.25, 0.3) is 0 Å². The Balaban J connectivity index is 1.46. The van der Waals surface area contributed by atoms with Crippen molar-refractivity contribution in [3.05, 3.63) is 71.5 Å². The van der Waals surface area contributed by atoms with Gasteiger partial charge in [-0.05, 0) is 42.6 Å². The van der Waals surface area contributed by atoms with Crippen molar-refractivity contribution in [1.82, 2.24) is 15.5 Å². The molecular formula is C25H32FN3O2. The van der Waals surface area contributed by atoms with Crippen molar-refractivity contribution in [3.63, 3.8) is 0 Å². The third-order valence-electron chi connectivity index (χ3n) is 6.16. The van der Waals surface area contributed by atoms with Gasteiger partial charge in [-0.15, -0.1) is 0 Å². The van der Waals surface area contributed by atoms with E-state index in [4.69, 9.17) is 0 Å². The van der Waals surface area contributed by atoms with Crippen LogP contribution in [0.1, 0.15) is 43.7 Å². The van der Waals surface area contributed by atoms with Crippen molar-refractivity contribution in [2.24, 2.45) is 0 Å².